The van der Waals surface area contributed by atoms with E-state index in [0.717, 1.165) is 16.8 Å². The van der Waals surface area contributed by atoms with Crippen molar-refractivity contribution in [2.45, 2.75) is 17.8 Å². The molecule has 3 N–H and O–H groups in total. The minimum Gasteiger partial charge on any atom is -0.335 e. The van der Waals surface area contributed by atoms with Gasteiger partial charge in [0.1, 0.15) is 5.69 Å². The molecule has 0 atom stereocenters. The summed E-state index contributed by atoms with van der Waals surface area (Å²) in [5.74, 6) is 7.23. The van der Waals surface area contributed by atoms with Gasteiger partial charge in [0.05, 0.1) is 5.69 Å². The van der Waals surface area contributed by atoms with Crippen LogP contribution in [0.25, 0.3) is 22.8 Å². The molecule has 6 nitrogen and oxygen atoms in total. The average Bonchev–Trinajstić information content (AvgIpc) is 3.29. The van der Waals surface area contributed by atoms with Crippen LogP contribution in [0.1, 0.15) is 11.1 Å². The summed E-state index contributed by atoms with van der Waals surface area (Å²) >= 11 is 13.9. The molecule has 0 aliphatic carbocycles. The quantitative estimate of drug-likeness (QED) is 0.345. The number of rotatable bonds is 5. The van der Waals surface area contributed by atoms with E-state index in [2.05, 4.69) is 20.4 Å². The maximum absolute atomic E-state index is 6.22. The normalized spacial score (nSPS) is 11.1. The van der Waals surface area contributed by atoms with Gasteiger partial charge in [-0.2, -0.15) is 5.10 Å². The van der Waals surface area contributed by atoms with Crippen molar-refractivity contribution in [2.24, 2.45) is 0 Å². The standard InChI is InChI=1S/C19H16Cl2N6S/c1-11-5-7-12(8-6-11)16-9-17(24-23-16)18-25-26-19(27(18)22)28-10-13-14(20)3-2-4-15(13)21/h2-9H,10,22H2,1H3,(H,23,24). The summed E-state index contributed by atoms with van der Waals surface area (Å²) in [6.45, 7) is 2.05. The second-order valence-corrected chi connectivity index (χ2v) is 7.95. The second kappa shape index (κ2) is 7.87. The third kappa shape index (κ3) is 3.73. The van der Waals surface area contributed by atoms with E-state index in [1.165, 1.54) is 22.0 Å². The Bertz CT molecular complexity index is 1100. The summed E-state index contributed by atoms with van der Waals surface area (Å²) in [6, 6.07) is 15.5. The van der Waals surface area contributed by atoms with Crippen molar-refractivity contribution in [3.8, 4) is 22.8 Å². The van der Waals surface area contributed by atoms with Gasteiger partial charge in [0.2, 0.25) is 11.0 Å². The zero-order chi connectivity index (χ0) is 19.7. The van der Waals surface area contributed by atoms with Crippen LogP contribution < -0.4 is 5.84 Å². The number of hydrogen-bond acceptors (Lipinski definition) is 5. The molecule has 0 aliphatic heterocycles. The molecule has 2 heterocycles. The lowest BCUT2D eigenvalue weighted by atomic mass is 10.1. The Balaban J connectivity index is 1.55. The van der Waals surface area contributed by atoms with E-state index in [9.17, 15) is 0 Å². The summed E-state index contributed by atoms with van der Waals surface area (Å²) < 4.78 is 1.43. The molecule has 0 aliphatic rings. The molecular weight excluding hydrogens is 415 g/mol. The van der Waals surface area contributed by atoms with Crippen molar-refractivity contribution >= 4 is 35.0 Å². The fraction of sp³-hybridized carbons (Fsp3) is 0.105. The number of aromatic nitrogens is 5. The summed E-state index contributed by atoms with van der Waals surface area (Å²) in [4.78, 5) is 0. The van der Waals surface area contributed by atoms with Gasteiger partial charge in [-0.15, -0.1) is 10.2 Å². The molecule has 142 valence electrons. The van der Waals surface area contributed by atoms with E-state index >= 15 is 0 Å². The number of aromatic amines is 1. The first-order valence-electron chi connectivity index (χ1n) is 8.42. The zero-order valence-corrected chi connectivity index (χ0v) is 17.2. The Morgan fingerprint density at radius 2 is 1.79 bits per heavy atom. The van der Waals surface area contributed by atoms with Crippen molar-refractivity contribution in [2.75, 3.05) is 5.84 Å². The third-order valence-electron chi connectivity index (χ3n) is 4.24. The minimum atomic E-state index is 0.499. The summed E-state index contributed by atoms with van der Waals surface area (Å²) in [7, 11) is 0. The van der Waals surface area contributed by atoms with Crippen LogP contribution in [-0.2, 0) is 5.75 Å². The fourth-order valence-electron chi connectivity index (χ4n) is 2.67. The SMILES string of the molecule is Cc1ccc(-c2cc(-c3nnc(SCc4c(Cl)cccc4Cl)n3N)[nH]n2)cc1. The predicted octanol–water partition coefficient (Wildman–Crippen LogP) is 4.96. The lowest BCUT2D eigenvalue weighted by Crippen LogP contribution is -2.11. The van der Waals surface area contributed by atoms with Gasteiger partial charge in [-0.3, -0.25) is 5.10 Å². The largest absolute Gasteiger partial charge is 0.335 e. The Kier molecular flexibility index (Phi) is 5.30. The Morgan fingerprint density at radius 3 is 2.50 bits per heavy atom. The van der Waals surface area contributed by atoms with Gasteiger partial charge in [-0.1, -0.05) is 70.9 Å². The molecule has 4 rings (SSSR count). The van der Waals surface area contributed by atoms with E-state index in [0.29, 0.717) is 32.5 Å². The number of nitrogen functional groups attached to an aromatic ring is 1. The lowest BCUT2D eigenvalue weighted by Gasteiger charge is -2.06. The van der Waals surface area contributed by atoms with Crippen molar-refractivity contribution in [3.05, 3.63) is 69.7 Å². The number of hydrogen-bond donors (Lipinski definition) is 2. The van der Waals surface area contributed by atoms with Crippen LogP contribution in [0.2, 0.25) is 10.0 Å². The molecule has 28 heavy (non-hydrogen) atoms. The van der Waals surface area contributed by atoms with E-state index in [4.69, 9.17) is 29.0 Å². The number of nitrogens with zero attached hydrogens (tertiary/aromatic N) is 4. The van der Waals surface area contributed by atoms with Gasteiger partial charge in [0.25, 0.3) is 0 Å². The molecule has 0 spiro atoms. The molecule has 0 saturated heterocycles. The maximum Gasteiger partial charge on any atom is 0.210 e. The molecule has 0 bridgehead atoms. The van der Waals surface area contributed by atoms with Gasteiger partial charge in [0, 0.05) is 21.4 Å². The molecule has 0 saturated carbocycles. The van der Waals surface area contributed by atoms with Crippen LogP contribution in [-0.4, -0.2) is 25.1 Å². The van der Waals surface area contributed by atoms with Crippen LogP contribution >= 0.6 is 35.0 Å². The van der Waals surface area contributed by atoms with E-state index in [1.54, 1.807) is 12.1 Å². The van der Waals surface area contributed by atoms with Crippen molar-refractivity contribution in [1.82, 2.24) is 25.1 Å². The van der Waals surface area contributed by atoms with Gasteiger partial charge in [-0.05, 0) is 30.7 Å². The minimum absolute atomic E-state index is 0.499. The van der Waals surface area contributed by atoms with Gasteiger partial charge in [0.15, 0.2) is 0 Å². The monoisotopic (exact) mass is 430 g/mol. The van der Waals surface area contributed by atoms with Crippen LogP contribution in [0.5, 0.6) is 0 Å². The zero-order valence-electron chi connectivity index (χ0n) is 14.9. The maximum atomic E-state index is 6.22. The van der Waals surface area contributed by atoms with Crippen LogP contribution in [0.3, 0.4) is 0 Å². The highest BCUT2D eigenvalue weighted by molar-refractivity contribution is 7.98. The Morgan fingerprint density at radius 1 is 1.07 bits per heavy atom. The first-order chi connectivity index (χ1) is 13.5. The molecule has 2 aromatic carbocycles. The molecule has 0 fully saturated rings. The van der Waals surface area contributed by atoms with Crippen LogP contribution in [0.4, 0.5) is 0 Å². The van der Waals surface area contributed by atoms with Gasteiger partial charge in [-0.25, -0.2) is 4.68 Å². The topological polar surface area (TPSA) is 85.4 Å². The number of thioether (sulfide) groups is 1. The van der Waals surface area contributed by atoms with Crippen LogP contribution in [0, 0.1) is 6.92 Å². The predicted molar refractivity (Wildman–Crippen MR) is 114 cm³/mol. The first-order valence-corrected chi connectivity index (χ1v) is 10.2. The molecule has 9 heteroatoms. The number of aryl methyl sites for hydroxylation is 1. The number of nitrogens with one attached hydrogen (secondary N) is 1. The number of halogens is 2. The average molecular weight is 431 g/mol. The van der Waals surface area contributed by atoms with Crippen molar-refractivity contribution in [3.63, 3.8) is 0 Å². The highest BCUT2D eigenvalue weighted by Gasteiger charge is 2.16. The molecule has 2 aromatic heterocycles. The fourth-order valence-corrected chi connectivity index (χ4v) is 4.27. The summed E-state index contributed by atoms with van der Waals surface area (Å²) in [5.41, 5.74) is 4.55. The van der Waals surface area contributed by atoms with Crippen LogP contribution in [0.15, 0.2) is 53.7 Å². The van der Waals surface area contributed by atoms with E-state index in [1.807, 2.05) is 43.3 Å². The lowest BCUT2D eigenvalue weighted by molar-refractivity contribution is 0.847. The van der Waals surface area contributed by atoms with Crippen molar-refractivity contribution in [1.29, 1.82) is 0 Å². The number of H-pyrrole nitrogens is 1. The van der Waals surface area contributed by atoms with E-state index in [-0.39, 0.29) is 0 Å². The summed E-state index contributed by atoms with van der Waals surface area (Å²) in [5, 5.41) is 17.5. The second-order valence-electron chi connectivity index (χ2n) is 6.20. The Hall–Kier alpha value is -2.48. The smallest absolute Gasteiger partial charge is 0.210 e. The molecule has 0 radical (unpaired) electrons. The third-order valence-corrected chi connectivity index (χ3v) is 5.92. The molecular formula is C19H16Cl2N6S. The summed E-state index contributed by atoms with van der Waals surface area (Å²) in [6.07, 6.45) is 0. The molecule has 0 amide bonds. The molecule has 4 aromatic rings. The number of nitrogens with two attached hydrogens (primary N) is 1. The van der Waals surface area contributed by atoms with E-state index < -0.39 is 0 Å². The first kappa shape index (κ1) is 18.9. The highest BCUT2D eigenvalue weighted by Crippen LogP contribution is 2.31. The van der Waals surface area contributed by atoms with Crippen molar-refractivity contribution < 1.29 is 0 Å². The van der Waals surface area contributed by atoms with Gasteiger partial charge >= 0.3 is 0 Å². The Labute approximate surface area is 176 Å². The van der Waals surface area contributed by atoms with Gasteiger partial charge < -0.3 is 5.84 Å². The highest BCUT2D eigenvalue weighted by atomic mass is 35.5. The number of benzene rings is 2. The molecule has 0 unspecified atom stereocenters.